The molecule has 2 amide bonds. The van der Waals surface area contributed by atoms with Gasteiger partial charge in [-0.25, -0.2) is 5.43 Å². The van der Waals surface area contributed by atoms with Crippen molar-refractivity contribution in [2.45, 2.75) is 6.92 Å². The second kappa shape index (κ2) is 9.45. The molecule has 4 aromatic rings. The Labute approximate surface area is 190 Å². The summed E-state index contributed by atoms with van der Waals surface area (Å²) in [6.07, 6.45) is 0. The molecule has 0 atom stereocenters. The van der Waals surface area contributed by atoms with Crippen molar-refractivity contribution in [2.24, 2.45) is 5.10 Å². The van der Waals surface area contributed by atoms with Crippen molar-refractivity contribution in [2.75, 3.05) is 5.32 Å². The first-order valence-corrected chi connectivity index (χ1v) is 10.4. The second-order valence-electron chi connectivity index (χ2n) is 7.18. The van der Waals surface area contributed by atoms with Crippen molar-refractivity contribution >= 4 is 45.6 Å². The molecule has 32 heavy (non-hydrogen) atoms. The number of hydrogen-bond acceptors (Lipinski definition) is 3. The van der Waals surface area contributed by atoms with Gasteiger partial charge < -0.3 is 5.32 Å². The van der Waals surface area contributed by atoms with Gasteiger partial charge in [-0.3, -0.25) is 9.59 Å². The lowest BCUT2D eigenvalue weighted by atomic mass is 10.0. The number of carbonyl (C=O) groups is 2. The summed E-state index contributed by atoms with van der Waals surface area (Å²) in [5.74, 6) is -0.587. The highest BCUT2D eigenvalue weighted by molar-refractivity contribution is 6.34. The monoisotopic (exact) mass is 441 g/mol. The van der Waals surface area contributed by atoms with Gasteiger partial charge in [0, 0.05) is 11.3 Å². The fourth-order valence-corrected chi connectivity index (χ4v) is 3.57. The van der Waals surface area contributed by atoms with E-state index in [-0.39, 0.29) is 11.8 Å². The van der Waals surface area contributed by atoms with Crippen LogP contribution in [0.3, 0.4) is 0 Å². The minimum absolute atomic E-state index is 0.288. The molecule has 5 nitrogen and oxygen atoms in total. The highest BCUT2D eigenvalue weighted by Gasteiger charge is 2.11. The van der Waals surface area contributed by atoms with Gasteiger partial charge in [0.05, 0.1) is 16.3 Å². The van der Waals surface area contributed by atoms with Crippen molar-refractivity contribution in [3.05, 3.63) is 113 Å². The van der Waals surface area contributed by atoms with Crippen molar-refractivity contribution < 1.29 is 9.59 Å². The maximum Gasteiger partial charge on any atom is 0.272 e. The van der Waals surface area contributed by atoms with Gasteiger partial charge in [-0.15, -0.1) is 0 Å². The molecule has 6 heteroatoms. The lowest BCUT2D eigenvalue weighted by Gasteiger charge is -2.09. The van der Waals surface area contributed by atoms with Gasteiger partial charge in [0.25, 0.3) is 11.8 Å². The number of rotatable bonds is 5. The minimum atomic E-state index is -0.299. The Bertz CT molecular complexity index is 1340. The van der Waals surface area contributed by atoms with E-state index in [0.717, 1.165) is 16.3 Å². The zero-order chi connectivity index (χ0) is 22.5. The van der Waals surface area contributed by atoms with E-state index in [1.54, 1.807) is 49.4 Å². The highest BCUT2D eigenvalue weighted by atomic mass is 35.5. The third-order valence-corrected chi connectivity index (χ3v) is 5.35. The van der Waals surface area contributed by atoms with E-state index in [1.807, 2.05) is 48.5 Å². The number of hydrazone groups is 1. The number of anilines is 1. The van der Waals surface area contributed by atoms with Gasteiger partial charge in [-0.05, 0) is 53.6 Å². The van der Waals surface area contributed by atoms with Crippen molar-refractivity contribution in [1.82, 2.24) is 5.43 Å². The van der Waals surface area contributed by atoms with Crippen LogP contribution in [0.15, 0.2) is 96.1 Å². The molecule has 0 saturated heterocycles. The van der Waals surface area contributed by atoms with Crippen LogP contribution >= 0.6 is 11.6 Å². The predicted octanol–water partition coefficient (Wildman–Crippen LogP) is 5.90. The molecular weight excluding hydrogens is 422 g/mol. The van der Waals surface area contributed by atoms with Gasteiger partial charge in [0.2, 0.25) is 0 Å². The standard InChI is InChI=1S/C26H20ClN3O2/c1-17(29-30-26(32)22-14-7-9-18-8-2-3-12-21(18)22)19-10-6-11-20(16-19)28-25(31)23-13-4-5-15-24(23)27/h2-16H,1H3,(H,28,31)(H,30,32)/b29-17-. The van der Waals surface area contributed by atoms with E-state index in [9.17, 15) is 9.59 Å². The molecule has 0 saturated carbocycles. The summed E-state index contributed by atoms with van der Waals surface area (Å²) in [4.78, 5) is 25.2. The number of nitrogens with zero attached hydrogens (tertiary/aromatic N) is 1. The van der Waals surface area contributed by atoms with Crippen LogP contribution in [0, 0.1) is 0 Å². The summed E-state index contributed by atoms with van der Waals surface area (Å²) in [5, 5.41) is 9.33. The molecule has 0 bridgehead atoms. The average molecular weight is 442 g/mol. The summed E-state index contributed by atoms with van der Waals surface area (Å²) in [6, 6.07) is 27.4. The third kappa shape index (κ3) is 4.68. The van der Waals surface area contributed by atoms with Crippen molar-refractivity contribution in [3.63, 3.8) is 0 Å². The van der Waals surface area contributed by atoms with Crippen LogP contribution in [-0.4, -0.2) is 17.5 Å². The molecule has 0 fully saturated rings. The molecule has 4 rings (SSSR count). The molecule has 0 heterocycles. The lowest BCUT2D eigenvalue weighted by molar-refractivity contribution is 0.0955. The molecule has 0 radical (unpaired) electrons. The Morgan fingerprint density at radius 2 is 1.47 bits per heavy atom. The summed E-state index contributed by atoms with van der Waals surface area (Å²) in [7, 11) is 0. The Morgan fingerprint density at radius 3 is 2.31 bits per heavy atom. The van der Waals surface area contributed by atoms with E-state index < -0.39 is 0 Å². The predicted molar refractivity (Wildman–Crippen MR) is 129 cm³/mol. The fourth-order valence-electron chi connectivity index (χ4n) is 3.35. The number of amides is 2. The number of fused-ring (bicyclic) bond motifs is 1. The fraction of sp³-hybridized carbons (Fsp3) is 0.0385. The molecular formula is C26H20ClN3O2. The van der Waals surface area contributed by atoms with E-state index >= 15 is 0 Å². The van der Waals surface area contributed by atoms with Crippen LogP contribution in [0.1, 0.15) is 33.2 Å². The summed E-state index contributed by atoms with van der Waals surface area (Å²) < 4.78 is 0. The number of carbonyl (C=O) groups excluding carboxylic acids is 2. The van der Waals surface area contributed by atoms with Gasteiger partial charge in [-0.1, -0.05) is 72.3 Å². The maximum absolute atomic E-state index is 12.7. The SMILES string of the molecule is C/C(=N/NC(=O)c1cccc2ccccc12)c1cccc(NC(=O)c2ccccc2Cl)c1. The summed E-state index contributed by atoms with van der Waals surface area (Å²) >= 11 is 6.10. The topological polar surface area (TPSA) is 70.6 Å². The van der Waals surface area contributed by atoms with E-state index in [2.05, 4.69) is 15.8 Å². The molecule has 4 aromatic carbocycles. The molecule has 0 aliphatic heterocycles. The highest BCUT2D eigenvalue weighted by Crippen LogP contribution is 2.19. The smallest absolute Gasteiger partial charge is 0.272 e. The number of nitrogens with one attached hydrogen (secondary N) is 2. The van der Waals surface area contributed by atoms with Gasteiger partial charge >= 0.3 is 0 Å². The Kier molecular flexibility index (Phi) is 6.29. The number of halogens is 1. The Balaban J connectivity index is 1.50. The molecule has 0 aliphatic rings. The van der Waals surface area contributed by atoms with E-state index in [4.69, 9.17) is 11.6 Å². The van der Waals surface area contributed by atoms with Crippen LogP contribution in [0.2, 0.25) is 5.02 Å². The van der Waals surface area contributed by atoms with Crippen molar-refractivity contribution in [3.8, 4) is 0 Å². The quantitative estimate of drug-likeness (QED) is 0.299. The zero-order valence-electron chi connectivity index (χ0n) is 17.3. The molecule has 2 N–H and O–H groups in total. The second-order valence-corrected chi connectivity index (χ2v) is 7.59. The molecule has 0 aromatic heterocycles. The van der Waals surface area contributed by atoms with Crippen LogP contribution in [0.4, 0.5) is 5.69 Å². The largest absolute Gasteiger partial charge is 0.322 e. The minimum Gasteiger partial charge on any atom is -0.322 e. The molecule has 0 aliphatic carbocycles. The van der Waals surface area contributed by atoms with Crippen molar-refractivity contribution in [1.29, 1.82) is 0 Å². The van der Waals surface area contributed by atoms with Crippen LogP contribution in [0.5, 0.6) is 0 Å². The van der Waals surface area contributed by atoms with E-state index in [1.165, 1.54) is 0 Å². The average Bonchev–Trinajstić information content (AvgIpc) is 2.82. The number of benzene rings is 4. The normalized spacial score (nSPS) is 11.2. The first kappa shape index (κ1) is 21.3. The van der Waals surface area contributed by atoms with E-state index in [0.29, 0.717) is 27.5 Å². The molecule has 0 unspecified atom stereocenters. The van der Waals surface area contributed by atoms with Crippen LogP contribution in [0.25, 0.3) is 10.8 Å². The summed E-state index contributed by atoms with van der Waals surface area (Å²) in [5.41, 5.74) is 5.55. The van der Waals surface area contributed by atoms with Crippen LogP contribution < -0.4 is 10.7 Å². The Hall–Kier alpha value is -3.96. The van der Waals surface area contributed by atoms with Gasteiger partial charge in [0.1, 0.15) is 0 Å². The lowest BCUT2D eigenvalue weighted by Crippen LogP contribution is -2.19. The van der Waals surface area contributed by atoms with Gasteiger partial charge in [0.15, 0.2) is 0 Å². The van der Waals surface area contributed by atoms with Crippen LogP contribution in [-0.2, 0) is 0 Å². The number of hydrogen-bond donors (Lipinski definition) is 2. The maximum atomic E-state index is 12.7. The first-order valence-electron chi connectivity index (χ1n) is 10.0. The molecule has 158 valence electrons. The summed E-state index contributed by atoms with van der Waals surface area (Å²) in [6.45, 7) is 1.79. The van der Waals surface area contributed by atoms with Gasteiger partial charge in [-0.2, -0.15) is 5.10 Å². The first-order chi connectivity index (χ1) is 15.5. The third-order valence-electron chi connectivity index (χ3n) is 5.02. The zero-order valence-corrected chi connectivity index (χ0v) is 18.1. The molecule has 0 spiro atoms. The Morgan fingerprint density at radius 1 is 0.781 bits per heavy atom.